The molecular weight excluding hydrogens is 354 g/mol. The summed E-state index contributed by atoms with van der Waals surface area (Å²) in [4.78, 5) is 0. The molecule has 26 heavy (non-hydrogen) atoms. The molecule has 0 unspecified atom stereocenters. The van der Waals surface area contributed by atoms with E-state index in [1.165, 1.54) is 7.11 Å². The van der Waals surface area contributed by atoms with Crippen LogP contribution in [0, 0.1) is 0 Å². The second-order valence-corrected chi connectivity index (χ2v) is 5.87. The van der Waals surface area contributed by atoms with Gasteiger partial charge in [0.05, 0.1) is 13.7 Å². The van der Waals surface area contributed by atoms with Crippen molar-refractivity contribution in [3.8, 4) is 23.0 Å². The molecule has 0 saturated heterocycles. The summed E-state index contributed by atoms with van der Waals surface area (Å²) in [6.45, 7) is 3.12. The molecule has 3 aromatic rings. The van der Waals surface area contributed by atoms with Crippen LogP contribution < -0.4 is 14.8 Å². The molecule has 0 fully saturated rings. The van der Waals surface area contributed by atoms with Gasteiger partial charge in [-0.3, -0.25) is 0 Å². The molecule has 3 aromatic carbocycles. The molecule has 0 atom stereocenters. The van der Waals surface area contributed by atoms with Gasteiger partial charge >= 0.3 is 0 Å². The van der Waals surface area contributed by atoms with E-state index in [4.69, 9.17) is 9.47 Å². The van der Waals surface area contributed by atoms with E-state index in [1.54, 1.807) is 6.07 Å². The third-order valence-electron chi connectivity index (χ3n) is 4.40. The standard InChI is InChI=1S/C20H23NO4.ClH/c1-4-25-16-11-13(9-10-21-2)17-14(19(16)22)7-5-12-6-8-15(24-3)20(23)18(12)17;/h5-8,11,21-23H,4,9-10H2,1-3H3;1H. The van der Waals surface area contributed by atoms with Crippen molar-refractivity contribution in [3.05, 3.63) is 35.9 Å². The minimum Gasteiger partial charge on any atom is -0.504 e. The molecule has 0 bridgehead atoms. The Morgan fingerprint density at radius 1 is 1.00 bits per heavy atom. The lowest BCUT2D eigenvalue weighted by molar-refractivity contribution is 0.319. The first-order valence-electron chi connectivity index (χ1n) is 8.37. The summed E-state index contributed by atoms with van der Waals surface area (Å²) in [5, 5.41) is 27.6. The van der Waals surface area contributed by atoms with Gasteiger partial charge in [0.25, 0.3) is 0 Å². The maximum Gasteiger partial charge on any atom is 0.166 e. The van der Waals surface area contributed by atoms with Gasteiger partial charge in [-0.25, -0.2) is 0 Å². The number of benzene rings is 3. The van der Waals surface area contributed by atoms with E-state index in [2.05, 4.69) is 5.32 Å². The number of aromatic hydroxyl groups is 2. The molecule has 0 aliphatic heterocycles. The van der Waals surface area contributed by atoms with Gasteiger partial charge in [0.15, 0.2) is 23.0 Å². The highest BCUT2D eigenvalue weighted by atomic mass is 35.5. The van der Waals surface area contributed by atoms with Gasteiger partial charge in [-0.2, -0.15) is 0 Å². The fourth-order valence-electron chi connectivity index (χ4n) is 3.23. The van der Waals surface area contributed by atoms with Crippen LogP contribution in [0.2, 0.25) is 0 Å². The molecule has 6 heteroatoms. The maximum atomic E-state index is 10.7. The van der Waals surface area contributed by atoms with E-state index >= 15 is 0 Å². The van der Waals surface area contributed by atoms with Crippen LogP contribution in [0.15, 0.2) is 30.3 Å². The fraction of sp³-hybridized carbons (Fsp3) is 0.300. The molecule has 0 aliphatic carbocycles. The number of hydrogen-bond donors (Lipinski definition) is 3. The average Bonchev–Trinajstić information content (AvgIpc) is 2.63. The van der Waals surface area contributed by atoms with Gasteiger partial charge in [-0.05, 0) is 56.1 Å². The second kappa shape index (κ2) is 8.34. The minimum absolute atomic E-state index is 0. The Balaban J connectivity index is 0.00000243. The summed E-state index contributed by atoms with van der Waals surface area (Å²) < 4.78 is 10.9. The van der Waals surface area contributed by atoms with Crippen molar-refractivity contribution in [3.63, 3.8) is 0 Å². The van der Waals surface area contributed by atoms with Gasteiger partial charge in [-0.15, -0.1) is 12.4 Å². The summed E-state index contributed by atoms with van der Waals surface area (Å²) in [5.74, 6) is 1.05. The Hall–Kier alpha value is -2.37. The van der Waals surface area contributed by atoms with Crippen molar-refractivity contribution in [2.45, 2.75) is 13.3 Å². The highest BCUT2D eigenvalue weighted by molar-refractivity contribution is 6.15. The summed E-state index contributed by atoms with van der Waals surface area (Å²) in [6, 6.07) is 9.25. The van der Waals surface area contributed by atoms with Gasteiger partial charge < -0.3 is 25.0 Å². The van der Waals surface area contributed by atoms with Crippen LogP contribution in [0.4, 0.5) is 0 Å². The molecule has 5 nitrogen and oxygen atoms in total. The molecule has 0 aromatic heterocycles. The van der Waals surface area contributed by atoms with Crippen molar-refractivity contribution in [2.75, 3.05) is 27.3 Å². The van der Waals surface area contributed by atoms with E-state index in [9.17, 15) is 10.2 Å². The zero-order valence-electron chi connectivity index (χ0n) is 15.1. The largest absolute Gasteiger partial charge is 0.504 e. The van der Waals surface area contributed by atoms with Crippen LogP contribution in [0.1, 0.15) is 12.5 Å². The Bertz CT molecular complexity index is 927. The summed E-state index contributed by atoms with van der Waals surface area (Å²) in [6.07, 6.45) is 0.739. The number of phenols is 2. The summed E-state index contributed by atoms with van der Waals surface area (Å²) in [7, 11) is 3.42. The molecule has 0 amide bonds. The molecule has 3 N–H and O–H groups in total. The second-order valence-electron chi connectivity index (χ2n) is 5.87. The number of halogens is 1. The zero-order valence-corrected chi connectivity index (χ0v) is 15.9. The van der Waals surface area contributed by atoms with Crippen LogP contribution in [0.3, 0.4) is 0 Å². The Morgan fingerprint density at radius 2 is 1.73 bits per heavy atom. The monoisotopic (exact) mass is 377 g/mol. The lowest BCUT2D eigenvalue weighted by Gasteiger charge is -2.16. The topological polar surface area (TPSA) is 71.0 Å². The highest BCUT2D eigenvalue weighted by Crippen LogP contribution is 2.45. The predicted octanol–water partition coefficient (Wildman–Crippen LogP) is 4.00. The number of likely N-dealkylation sites (N-methyl/N-ethyl adjacent to an activating group) is 1. The quantitative estimate of drug-likeness (QED) is 0.566. The maximum absolute atomic E-state index is 10.7. The van der Waals surface area contributed by atoms with Crippen LogP contribution in [-0.2, 0) is 6.42 Å². The van der Waals surface area contributed by atoms with Crippen molar-refractivity contribution >= 4 is 34.0 Å². The number of ether oxygens (including phenoxy) is 2. The van der Waals surface area contributed by atoms with Crippen LogP contribution in [-0.4, -0.2) is 37.5 Å². The Kier molecular flexibility index (Phi) is 6.40. The number of phenolic OH excluding ortho intramolecular Hbond substituents is 2. The number of methoxy groups -OCH3 is 1. The first-order chi connectivity index (χ1) is 12.1. The SMILES string of the molecule is CCOc1cc(CCNC)c2c(ccc3ccc(OC)c(O)c32)c1O.Cl. The molecular formula is C20H24ClNO4. The van der Waals surface area contributed by atoms with Crippen LogP contribution in [0.5, 0.6) is 23.0 Å². The third kappa shape index (κ3) is 3.32. The lowest BCUT2D eigenvalue weighted by atomic mass is 9.94. The smallest absolute Gasteiger partial charge is 0.166 e. The molecule has 3 rings (SSSR count). The normalized spacial score (nSPS) is 10.7. The predicted molar refractivity (Wildman–Crippen MR) is 107 cm³/mol. The third-order valence-corrected chi connectivity index (χ3v) is 4.40. The van der Waals surface area contributed by atoms with E-state index in [1.807, 2.05) is 38.2 Å². The van der Waals surface area contributed by atoms with Crippen molar-refractivity contribution in [2.24, 2.45) is 0 Å². The van der Waals surface area contributed by atoms with Crippen molar-refractivity contribution in [1.82, 2.24) is 5.32 Å². The Labute approximate surface area is 159 Å². The summed E-state index contributed by atoms with van der Waals surface area (Å²) in [5.41, 5.74) is 1.000. The lowest BCUT2D eigenvalue weighted by Crippen LogP contribution is -2.10. The van der Waals surface area contributed by atoms with Gasteiger partial charge in [0.1, 0.15) is 0 Å². The average molecular weight is 378 g/mol. The fourth-order valence-corrected chi connectivity index (χ4v) is 3.23. The molecule has 0 radical (unpaired) electrons. The van der Waals surface area contributed by atoms with Crippen LogP contribution >= 0.6 is 12.4 Å². The number of rotatable bonds is 6. The first-order valence-corrected chi connectivity index (χ1v) is 8.37. The Morgan fingerprint density at radius 3 is 2.38 bits per heavy atom. The zero-order chi connectivity index (χ0) is 18.0. The van der Waals surface area contributed by atoms with Gasteiger partial charge in [0, 0.05) is 16.2 Å². The van der Waals surface area contributed by atoms with Gasteiger partial charge in [0.2, 0.25) is 0 Å². The molecule has 0 saturated carbocycles. The van der Waals surface area contributed by atoms with E-state index < -0.39 is 0 Å². The number of nitrogens with one attached hydrogen (secondary N) is 1. The van der Waals surface area contributed by atoms with Gasteiger partial charge in [-0.1, -0.05) is 12.1 Å². The minimum atomic E-state index is 0. The van der Waals surface area contributed by atoms with Crippen molar-refractivity contribution < 1.29 is 19.7 Å². The van der Waals surface area contributed by atoms with Crippen LogP contribution in [0.25, 0.3) is 21.5 Å². The highest BCUT2D eigenvalue weighted by Gasteiger charge is 2.18. The summed E-state index contributed by atoms with van der Waals surface area (Å²) >= 11 is 0. The number of hydrogen-bond acceptors (Lipinski definition) is 5. The molecule has 0 aliphatic rings. The van der Waals surface area contributed by atoms with E-state index in [0.29, 0.717) is 28.9 Å². The van der Waals surface area contributed by atoms with E-state index in [0.717, 1.165) is 29.3 Å². The molecule has 0 heterocycles. The number of fused-ring (bicyclic) bond motifs is 3. The first kappa shape index (κ1) is 19.9. The molecule has 0 spiro atoms. The van der Waals surface area contributed by atoms with Crippen molar-refractivity contribution in [1.29, 1.82) is 0 Å². The van der Waals surface area contributed by atoms with E-state index in [-0.39, 0.29) is 23.9 Å². The molecule has 140 valence electrons.